The number of rotatable bonds is 4. The van der Waals surface area contributed by atoms with E-state index >= 15 is 0 Å². The van der Waals surface area contributed by atoms with Crippen molar-refractivity contribution in [1.82, 2.24) is 15.6 Å². The van der Waals surface area contributed by atoms with Crippen molar-refractivity contribution in [3.8, 4) is 0 Å². The Morgan fingerprint density at radius 1 is 1.20 bits per heavy atom. The molecule has 20 heavy (non-hydrogen) atoms. The Morgan fingerprint density at radius 3 is 2.70 bits per heavy atom. The molecule has 0 saturated carbocycles. The highest BCUT2D eigenvalue weighted by Gasteiger charge is 2.04. The van der Waals surface area contributed by atoms with Gasteiger partial charge in [-0.25, -0.2) is 10.5 Å². The maximum Gasteiger partial charge on any atom is 0.291 e. The van der Waals surface area contributed by atoms with Crippen LogP contribution in [0.3, 0.4) is 0 Å². The Labute approximate surface area is 114 Å². The van der Waals surface area contributed by atoms with E-state index in [0.717, 1.165) is 5.56 Å². The Bertz CT molecular complexity index is 669. The summed E-state index contributed by atoms with van der Waals surface area (Å²) in [7, 11) is 0. The van der Waals surface area contributed by atoms with Crippen molar-refractivity contribution >= 4 is 18.2 Å². The summed E-state index contributed by atoms with van der Waals surface area (Å²) in [6.07, 6.45) is 5.01. The molecule has 0 fully saturated rings. The summed E-state index contributed by atoms with van der Waals surface area (Å²) in [5, 5.41) is 9.50. The third kappa shape index (κ3) is 4.02. The summed E-state index contributed by atoms with van der Waals surface area (Å²) in [5.41, 5.74) is 3.06. The van der Waals surface area contributed by atoms with Crippen LogP contribution in [0.25, 0.3) is 6.08 Å². The molecule has 2 aromatic rings. The number of hydrogen-bond donors (Lipinski definition) is 2. The fourth-order valence-corrected chi connectivity index (χ4v) is 1.39. The number of carbonyl (C=O) groups is 1. The number of hydrogen-bond acceptors (Lipinski definition) is 4. The van der Waals surface area contributed by atoms with E-state index in [4.69, 9.17) is 0 Å². The Morgan fingerprint density at radius 2 is 2.00 bits per heavy atom. The zero-order chi connectivity index (χ0) is 14.2. The van der Waals surface area contributed by atoms with E-state index in [1.807, 2.05) is 36.4 Å². The van der Waals surface area contributed by atoms with Gasteiger partial charge in [0.15, 0.2) is 5.69 Å². The van der Waals surface area contributed by atoms with Crippen molar-refractivity contribution in [2.45, 2.75) is 0 Å². The van der Waals surface area contributed by atoms with Crippen LogP contribution in [0.4, 0.5) is 0 Å². The molecule has 1 heterocycles. The van der Waals surface area contributed by atoms with Crippen molar-refractivity contribution in [1.29, 1.82) is 0 Å². The van der Waals surface area contributed by atoms with Crippen molar-refractivity contribution in [3.05, 3.63) is 70.2 Å². The molecule has 0 radical (unpaired) electrons. The molecule has 1 aromatic heterocycles. The lowest BCUT2D eigenvalue weighted by Crippen LogP contribution is -2.21. The second kappa shape index (κ2) is 6.79. The number of aromatic nitrogens is 2. The number of benzene rings is 1. The summed E-state index contributed by atoms with van der Waals surface area (Å²) >= 11 is 0. The highest BCUT2D eigenvalue weighted by atomic mass is 16.2. The molecule has 0 bridgehead atoms. The van der Waals surface area contributed by atoms with Gasteiger partial charge in [0, 0.05) is 12.3 Å². The van der Waals surface area contributed by atoms with Gasteiger partial charge in [0.1, 0.15) is 0 Å². The molecule has 0 saturated heterocycles. The minimum atomic E-state index is -0.495. The summed E-state index contributed by atoms with van der Waals surface area (Å²) in [4.78, 5) is 22.3. The van der Waals surface area contributed by atoms with Crippen molar-refractivity contribution in [2.24, 2.45) is 5.10 Å². The van der Waals surface area contributed by atoms with Gasteiger partial charge in [-0.3, -0.25) is 9.59 Å². The van der Waals surface area contributed by atoms with Gasteiger partial charge in [-0.2, -0.15) is 10.2 Å². The number of nitrogens with zero attached hydrogens (tertiary/aromatic N) is 2. The first-order chi connectivity index (χ1) is 9.75. The molecule has 1 aromatic carbocycles. The van der Waals surface area contributed by atoms with Crippen molar-refractivity contribution in [2.75, 3.05) is 0 Å². The lowest BCUT2D eigenvalue weighted by atomic mass is 10.2. The Hall–Kier alpha value is -3.02. The SMILES string of the molecule is O=C(N/N=C/C=C/c1ccccc1)c1ccc(=O)[nH]n1. The number of aromatic amines is 1. The molecule has 2 rings (SSSR count). The Kier molecular flexibility index (Phi) is 4.55. The van der Waals surface area contributed by atoms with E-state index in [2.05, 4.69) is 20.7 Å². The maximum atomic E-state index is 11.6. The van der Waals surface area contributed by atoms with Gasteiger partial charge in [0.25, 0.3) is 11.5 Å². The normalized spacial score (nSPS) is 11.0. The van der Waals surface area contributed by atoms with Crippen LogP contribution in [-0.4, -0.2) is 22.3 Å². The smallest absolute Gasteiger partial charge is 0.268 e. The van der Waals surface area contributed by atoms with Gasteiger partial charge in [0.2, 0.25) is 0 Å². The average Bonchev–Trinajstić information content (AvgIpc) is 2.48. The molecule has 0 spiro atoms. The molecule has 0 aliphatic rings. The minimum Gasteiger partial charge on any atom is -0.268 e. The van der Waals surface area contributed by atoms with Gasteiger partial charge in [-0.15, -0.1) is 0 Å². The summed E-state index contributed by atoms with van der Waals surface area (Å²) in [6, 6.07) is 12.2. The predicted molar refractivity (Wildman–Crippen MR) is 76.3 cm³/mol. The van der Waals surface area contributed by atoms with Crippen LogP contribution in [0.2, 0.25) is 0 Å². The first-order valence-electron chi connectivity index (χ1n) is 5.86. The Balaban J connectivity index is 1.87. The number of carbonyl (C=O) groups excluding carboxylic acids is 1. The largest absolute Gasteiger partial charge is 0.291 e. The number of nitrogens with one attached hydrogen (secondary N) is 2. The molecule has 0 aliphatic heterocycles. The zero-order valence-electron chi connectivity index (χ0n) is 10.5. The molecule has 6 nitrogen and oxygen atoms in total. The van der Waals surface area contributed by atoms with Gasteiger partial charge in [-0.05, 0) is 17.7 Å². The highest BCUT2D eigenvalue weighted by Crippen LogP contribution is 1.99. The van der Waals surface area contributed by atoms with E-state index in [-0.39, 0.29) is 11.3 Å². The molecule has 0 aliphatic carbocycles. The fourth-order valence-electron chi connectivity index (χ4n) is 1.39. The van der Waals surface area contributed by atoms with Crippen LogP contribution in [0, 0.1) is 0 Å². The highest BCUT2D eigenvalue weighted by molar-refractivity contribution is 5.92. The van der Waals surface area contributed by atoms with E-state index in [9.17, 15) is 9.59 Å². The topological polar surface area (TPSA) is 87.2 Å². The van der Waals surface area contributed by atoms with Gasteiger partial charge >= 0.3 is 0 Å². The zero-order valence-corrected chi connectivity index (χ0v) is 10.5. The summed E-state index contributed by atoms with van der Waals surface area (Å²) in [5.74, 6) is -0.495. The quantitative estimate of drug-likeness (QED) is 0.645. The molecular weight excluding hydrogens is 256 g/mol. The first kappa shape index (κ1) is 13.4. The molecule has 1 amide bonds. The van der Waals surface area contributed by atoms with E-state index < -0.39 is 5.91 Å². The number of allylic oxidation sites excluding steroid dienone is 1. The molecule has 100 valence electrons. The van der Waals surface area contributed by atoms with Crippen LogP contribution in [0.1, 0.15) is 16.1 Å². The number of H-pyrrole nitrogens is 1. The second-order valence-corrected chi connectivity index (χ2v) is 3.80. The second-order valence-electron chi connectivity index (χ2n) is 3.80. The predicted octanol–water partition coefficient (Wildman–Crippen LogP) is 1.20. The van der Waals surface area contributed by atoms with Crippen LogP contribution in [0.5, 0.6) is 0 Å². The van der Waals surface area contributed by atoms with Crippen LogP contribution < -0.4 is 11.0 Å². The van der Waals surface area contributed by atoms with E-state index in [1.54, 1.807) is 6.08 Å². The molecular formula is C14H12N4O2. The van der Waals surface area contributed by atoms with Crippen molar-refractivity contribution < 1.29 is 4.79 Å². The van der Waals surface area contributed by atoms with E-state index in [0.29, 0.717) is 0 Å². The molecule has 0 unspecified atom stereocenters. The third-order valence-corrected chi connectivity index (χ3v) is 2.33. The lowest BCUT2D eigenvalue weighted by molar-refractivity contribution is 0.0949. The van der Waals surface area contributed by atoms with Crippen LogP contribution in [0.15, 0.2) is 58.4 Å². The summed E-state index contributed by atoms with van der Waals surface area (Å²) in [6.45, 7) is 0. The third-order valence-electron chi connectivity index (χ3n) is 2.33. The van der Waals surface area contributed by atoms with Gasteiger partial charge < -0.3 is 0 Å². The van der Waals surface area contributed by atoms with Gasteiger partial charge in [0.05, 0.1) is 0 Å². The maximum absolute atomic E-state index is 11.6. The van der Waals surface area contributed by atoms with Crippen molar-refractivity contribution in [3.63, 3.8) is 0 Å². The number of amides is 1. The fraction of sp³-hybridized carbons (Fsp3) is 0. The minimum absolute atomic E-state index is 0.0915. The van der Waals surface area contributed by atoms with Crippen LogP contribution in [-0.2, 0) is 0 Å². The molecule has 6 heteroatoms. The molecule has 2 N–H and O–H groups in total. The summed E-state index contributed by atoms with van der Waals surface area (Å²) < 4.78 is 0. The van der Waals surface area contributed by atoms with E-state index in [1.165, 1.54) is 18.3 Å². The number of hydrazone groups is 1. The standard InChI is InChI=1S/C14H12N4O2/c19-13-9-8-12(16-17-13)14(20)18-15-10-4-7-11-5-2-1-3-6-11/h1-10H,(H,17,19)(H,18,20)/b7-4+,15-10+. The van der Waals surface area contributed by atoms with Gasteiger partial charge in [-0.1, -0.05) is 36.4 Å². The first-order valence-corrected chi connectivity index (χ1v) is 5.86. The average molecular weight is 268 g/mol. The van der Waals surface area contributed by atoms with Crippen LogP contribution >= 0.6 is 0 Å². The lowest BCUT2D eigenvalue weighted by Gasteiger charge is -1.96. The molecule has 0 atom stereocenters. The monoisotopic (exact) mass is 268 g/mol.